The summed E-state index contributed by atoms with van der Waals surface area (Å²) in [4.78, 5) is 11.8. The summed E-state index contributed by atoms with van der Waals surface area (Å²) < 4.78 is 0. The number of aliphatic hydroxyl groups excluding tert-OH is 1. The van der Waals surface area contributed by atoms with Gasteiger partial charge >= 0.3 is 0 Å². The summed E-state index contributed by atoms with van der Waals surface area (Å²) >= 11 is 0. The molecule has 1 heterocycles. The zero-order valence-corrected chi connectivity index (χ0v) is 9.62. The summed E-state index contributed by atoms with van der Waals surface area (Å²) in [5.74, 6) is 0.296. The molecule has 4 heteroatoms. The van der Waals surface area contributed by atoms with Gasteiger partial charge in [-0.05, 0) is 25.3 Å². The van der Waals surface area contributed by atoms with Gasteiger partial charge in [0.1, 0.15) is 0 Å². The van der Waals surface area contributed by atoms with Crippen LogP contribution in [0, 0.1) is 5.92 Å². The van der Waals surface area contributed by atoms with E-state index in [1.165, 1.54) is 0 Å². The molecule has 88 valence electrons. The minimum absolute atomic E-state index is 0.0100. The first-order chi connectivity index (χ1) is 7.15. The molecule has 0 bridgehead atoms. The van der Waals surface area contributed by atoms with E-state index in [-0.39, 0.29) is 30.5 Å². The molecule has 15 heavy (non-hydrogen) atoms. The Balaban J connectivity index is 2.38. The van der Waals surface area contributed by atoms with Crippen molar-refractivity contribution < 1.29 is 9.90 Å². The van der Waals surface area contributed by atoms with Crippen molar-refractivity contribution in [1.82, 2.24) is 10.6 Å². The van der Waals surface area contributed by atoms with Crippen molar-refractivity contribution in [1.29, 1.82) is 0 Å². The zero-order valence-electron chi connectivity index (χ0n) is 9.62. The van der Waals surface area contributed by atoms with E-state index in [4.69, 9.17) is 5.11 Å². The third-order valence-electron chi connectivity index (χ3n) is 2.96. The van der Waals surface area contributed by atoms with Crippen molar-refractivity contribution in [3.05, 3.63) is 0 Å². The maximum atomic E-state index is 11.8. The number of rotatable bonds is 4. The van der Waals surface area contributed by atoms with Crippen LogP contribution < -0.4 is 10.6 Å². The van der Waals surface area contributed by atoms with Gasteiger partial charge in [0.25, 0.3) is 0 Å². The third-order valence-corrected chi connectivity index (χ3v) is 2.96. The van der Waals surface area contributed by atoms with Gasteiger partial charge in [-0.1, -0.05) is 20.3 Å². The van der Waals surface area contributed by atoms with E-state index in [1.54, 1.807) is 0 Å². The lowest BCUT2D eigenvalue weighted by molar-refractivity contribution is -0.125. The largest absolute Gasteiger partial charge is 0.394 e. The van der Waals surface area contributed by atoms with Crippen LogP contribution in [0.3, 0.4) is 0 Å². The van der Waals surface area contributed by atoms with Crippen molar-refractivity contribution in [2.45, 2.75) is 45.2 Å². The minimum Gasteiger partial charge on any atom is -0.394 e. The molecule has 1 rings (SSSR count). The average molecular weight is 214 g/mol. The molecule has 0 radical (unpaired) electrons. The van der Waals surface area contributed by atoms with Crippen LogP contribution in [0.1, 0.15) is 33.1 Å². The van der Waals surface area contributed by atoms with Gasteiger partial charge in [0.15, 0.2) is 0 Å². The first-order valence-electron chi connectivity index (χ1n) is 5.79. The van der Waals surface area contributed by atoms with Crippen LogP contribution >= 0.6 is 0 Å². The molecule has 0 unspecified atom stereocenters. The SMILES string of the molecule is CC(C)[C@@H](CO)NC(=O)[C@@H]1CCCCN1. The number of amides is 1. The van der Waals surface area contributed by atoms with E-state index in [2.05, 4.69) is 10.6 Å². The van der Waals surface area contributed by atoms with Crippen molar-refractivity contribution in [3.8, 4) is 0 Å². The molecule has 0 aromatic carbocycles. The second-order valence-corrected chi connectivity index (χ2v) is 4.54. The molecule has 4 nitrogen and oxygen atoms in total. The lowest BCUT2D eigenvalue weighted by atomic mass is 10.0. The van der Waals surface area contributed by atoms with Gasteiger partial charge < -0.3 is 15.7 Å². The topological polar surface area (TPSA) is 61.4 Å². The fourth-order valence-electron chi connectivity index (χ4n) is 1.78. The summed E-state index contributed by atoms with van der Waals surface area (Å²) in [5, 5.41) is 15.2. The molecule has 1 amide bonds. The highest BCUT2D eigenvalue weighted by Gasteiger charge is 2.23. The van der Waals surface area contributed by atoms with Crippen molar-refractivity contribution in [2.75, 3.05) is 13.2 Å². The molecule has 0 aliphatic carbocycles. The van der Waals surface area contributed by atoms with Crippen LogP contribution in [0.4, 0.5) is 0 Å². The Bertz CT molecular complexity index is 201. The number of aliphatic hydroxyl groups is 1. The number of nitrogens with one attached hydrogen (secondary N) is 2. The monoisotopic (exact) mass is 214 g/mol. The van der Waals surface area contributed by atoms with Crippen LogP contribution in [0.2, 0.25) is 0 Å². The molecule has 0 spiro atoms. The van der Waals surface area contributed by atoms with Gasteiger partial charge in [-0.3, -0.25) is 4.79 Å². The Morgan fingerprint density at radius 3 is 2.73 bits per heavy atom. The van der Waals surface area contributed by atoms with E-state index in [0.29, 0.717) is 0 Å². The van der Waals surface area contributed by atoms with E-state index in [9.17, 15) is 4.79 Å². The number of carbonyl (C=O) groups excluding carboxylic acids is 1. The molecule has 1 saturated heterocycles. The van der Waals surface area contributed by atoms with Crippen LogP contribution in [-0.4, -0.2) is 36.2 Å². The Labute approximate surface area is 91.4 Å². The zero-order chi connectivity index (χ0) is 11.3. The summed E-state index contributed by atoms with van der Waals surface area (Å²) in [6.45, 7) is 4.92. The van der Waals surface area contributed by atoms with E-state index >= 15 is 0 Å². The van der Waals surface area contributed by atoms with E-state index in [0.717, 1.165) is 25.8 Å². The highest BCUT2D eigenvalue weighted by molar-refractivity contribution is 5.82. The maximum Gasteiger partial charge on any atom is 0.237 e. The summed E-state index contributed by atoms with van der Waals surface area (Å²) in [6.07, 6.45) is 3.16. The standard InChI is InChI=1S/C11H22N2O2/c1-8(2)10(7-14)13-11(15)9-5-3-4-6-12-9/h8-10,12,14H,3-7H2,1-2H3,(H,13,15)/t9-,10+/m0/s1. The van der Waals surface area contributed by atoms with Crippen LogP contribution in [0.25, 0.3) is 0 Å². The normalized spacial score (nSPS) is 23.9. The fourth-order valence-corrected chi connectivity index (χ4v) is 1.78. The summed E-state index contributed by atoms with van der Waals surface area (Å²) in [5.41, 5.74) is 0. The second-order valence-electron chi connectivity index (χ2n) is 4.54. The number of hydrogen-bond acceptors (Lipinski definition) is 3. The first-order valence-corrected chi connectivity index (χ1v) is 5.79. The van der Waals surface area contributed by atoms with Gasteiger partial charge in [-0.25, -0.2) is 0 Å². The molecular weight excluding hydrogens is 192 g/mol. The van der Waals surface area contributed by atoms with Gasteiger partial charge in [0.05, 0.1) is 18.7 Å². The molecule has 0 aromatic heterocycles. The molecule has 1 fully saturated rings. The maximum absolute atomic E-state index is 11.8. The molecule has 3 N–H and O–H groups in total. The second kappa shape index (κ2) is 6.08. The molecule has 0 aromatic rings. The first kappa shape index (κ1) is 12.5. The minimum atomic E-state index is -0.124. The van der Waals surface area contributed by atoms with Gasteiger partial charge in [-0.15, -0.1) is 0 Å². The van der Waals surface area contributed by atoms with Crippen molar-refractivity contribution in [2.24, 2.45) is 5.92 Å². The smallest absolute Gasteiger partial charge is 0.237 e. The lowest BCUT2D eigenvalue weighted by Crippen LogP contribution is -2.51. The molecular formula is C11H22N2O2. The highest BCUT2D eigenvalue weighted by Crippen LogP contribution is 2.08. The van der Waals surface area contributed by atoms with Gasteiger partial charge in [0, 0.05) is 0 Å². The predicted molar refractivity (Wildman–Crippen MR) is 59.5 cm³/mol. The Hall–Kier alpha value is -0.610. The molecule has 2 atom stereocenters. The Morgan fingerprint density at radius 1 is 1.53 bits per heavy atom. The van der Waals surface area contributed by atoms with Crippen molar-refractivity contribution >= 4 is 5.91 Å². The van der Waals surface area contributed by atoms with Crippen LogP contribution in [-0.2, 0) is 4.79 Å². The van der Waals surface area contributed by atoms with Gasteiger partial charge in [0.2, 0.25) is 5.91 Å². The predicted octanol–water partition coefficient (Wildman–Crippen LogP) is 0.262. The third kappa shape index (κ3) is 3.80. The van der Waals surface area contributed by atoms with E-state index < -0.39 is 0 Å². The molecule has 0 saturated carbocycles. The van der Waals surface area contributed by atoms with E-state index in [1.807, 2.05) is 13.8 Å². The average Bonchev–Trinajstić information content (AvgIpc) is 2.26. The quantitative estimate of drug-likeness (QED) is 0.629. The number of piperidine rings is 1. The van der Waals surface area contributed by atoms with Crippen LogP contribution in [0.5, 0.6) is 0 Å². The van der Waals surface area contributed by atoms with Crippen molar-refractivity contribution in [3.63, 3.8) is 0 Å². The molecule has 1 aliphatic heterocycles. The summed E-state index contributed by atoms with van der Waals surface area (Å²) in [6, 6.07) is -0.187. The number of hydrogen-bond donors (Lipinski definition) is 3. The Kier molecular flexibility index (Phi) is 5.05. The molecule has 1 aliphatic rings. The number of carbonyl (C=O) groups is 1. The highest BCUT2D eigenvalue weighted by atomic mass is 16.3. The Morgan fingerprint density at radius 2 is 2.27 bits per heavy atom. The lowest BCUT2D eigenvalue weighted by Gasteiger charge is -2.26. The summed E-state index contributed by atoms with van der Waals surface area (Å²) in [7, 11) is 0. The fraction of sp³-hybridized carbons (Fsp3) is 0.909. The van der Waals surface area contributed by atoms with Crippen LogP contribution in [0.15, 0.2) is 0 Å². The van der Waals surface area contributed by atoms with Gasteiger partial charge in [-0.2, -0.15) is 0 Å².